The summed E-state index contributed by atoms with van der Waals surface area (Å²) >= 11 is 0. The molecule has 0 bridgehead atoms. The van der Waals surface area contributed by atoms with Crippen molar-refractivity contribution in [2.24, 2.45) is 10.4 Å². The van der Waals surface area contributed by atoms with Gasteiger partial charge in [0.25, 0.3) is 0 Å². The maximum atomic E-state index is 4.97. The highest BCUT2D eigenvalue weighted by molar-refractivity contribution is 5.80. The van der Waals surface area contributed by atoms with E-state index in [0.717, 1.165) is 13.1 Å². The summed E-state index contributed by atoms with van der Waals surface area (Å²) in [6.07, 6.45) is 9.60. The highest BCUT2D eigenvalue weighted by atomic mass is 15.3. The van der Waals surface area contributed by atoms with Crippen LogP contribution in [0.25, 0.3) is 0 Å². The average molecular weight is 350 g/mol. The molecule has 2 saturated heterocycles. The third kappa shape index (κ3) is 5.33. The minimum atomic E-state index is 0.619. The number of likely N-dealkylation sites (tertiary alicyclic amines) is 1. The van der Waals surface area contributed by atoms with Crippen molar-refractivity contribution in [2.45, 2.75) is 51.9 Å². The van der Waals surface area contributed by atoms with Crippen LogP contribution < -0.4 is 5.32 Å². The Morgan fingerprint density at radius 3 is 2.64 bits per heavy atom. The predicted octanol–water partition coefficient (Wildman–Crippen LogP) is 2.25. The summed E-state index contributed by atoms with van der Waals surface area (Å²) in [7, 11) is 2.24. The maximum absolute atomic E-state index is 4.97. The summed E-state index contributed by atoms with van der Waals surface area (Å²) in [6, 6.07) is 0. The third-order valence-corrected chi connectivity index (χ3v) is 6.44. The van der Waals surface area contributed by atoms with Crippen LogP contribution in [-0.4, -0.2) is 86.6 Å². The van der Waals surface area contributed by atoms with Gasteiger partial charge in [-0.3, -0.25) is 4.99 Å². The van der Waals surface area contributed by atoms with E-state index < -0.39 is 0 Å². The van der Waals surface area contributed by atoms with E-state index in [2.05, 4.69) is 34.0 Å². The predicted molar refractivity (Wildman–Crippen MR) is 106 cm³/mol. The van der Waals surface area contributed by atoms with E-state index in [1.807, 2.05) is 0 Å². The second-order valence-electron chi connectivity index (χ2n) is 8.47. The number of guanidine groups is 1. The zero-order valence-corrected chi connectivity index (χ0v) is 16.6. The van der Waals surface area contributed by atoms with Gasteiger partial charge in [0.1, 0.15) is 0 Å². The van der Waals surface area contributed by atoms with Crippen LogP contribution in [0.2, 0.25) is 0 Å². The first kappa shape index (κ1) is 19.0. The van der Waals surface area contributed by atoms with Gasteiger partial charge in [0.2, 0.25) is 0 Å². The Labute approximate surface area is 154 Å². The summed E-state index contributed by atoms with van der Waals surface area (Å²) in [6.45, 7) is 12.7. The molecule has 3 aliphatic rings. The lowest BCUT2D eigenvalue weighted by atomic mass is 9.86. The van der Waals surface area contributed by atoms with E-state index in [1.165, 1.54) is 96.7 Å². The van der Waals surface area contributed by atoms with Gasteiger partial charge in [-0.1, -0.05) is 12.8 Å². The highest BCUT2D eigenvalue weighted by Gasteiger charge is 2.41. The van der Waals surface area contributed by atoms with Gasteiger partial charge in [-0.2, -0.15) is 0 Å². The lowest BCUT2D eigenvalue weighted by molar-refractivity contribution is 0.274. The first-order valence-corrected chi connectivity index (χ1v) is 10.6. The van der Waals surface area contributed by atoms with E-state index in [4.69, 9.17) is 4.99 Å². The lowest BCUT2D eigenvalue weighted by Gasteiger charge is -2.26. The van der Waals surface area contributed by atoms with Gasteiger partial charge < -0.3 is 20.0 Å². The van der Waals surface area contributed by atoms with Gasteiger partial charge >= 0.3 is 0 Å². The summed E-state index contributed by atoms with van der Waals surface area (Å²) in [4.78, 5) is 12.6. The number of nitrogens with one attached hydrogen (secondary N) is 1. The average Bonchev–Trinajstić information content (AvgIpc) is 3.19. The van der Waals surface area contributed by atoms with E-state index in [1.54, 1.807) is 0 Å². The SMILES string of the molecule is CCNC(=NCCCN1CCCN(C)CC1)N1CCC2(CCCC2)C1. The van der Waals surface area contributed by atoms with Crippen LogP contribution in [0.4, 0.5) is 0 Å². The van der Waals surface area contributed by atoms with Gasteiger partial charge in [0, 0.05) is 39.3 Å². The van der Waals surface area contributed by atoms with E-state index in [0.29, 0.717) is 5.41 Å². The maximum Gasteiger partial charge on any atom is 0.193 e. The number of aliphatic imine (C=N–C) groups is 1. The van der Waals surface area contributed by atoms with Gasteiger partial charge in [0.05, 0.1) is 0 Å². The third-order valence-electron chi connectivity index (χ3n) is 6.44. The Balaban J connectivity index is 1.44. The second kappa shape index (κ2) is 9.22. The molecule has 2 heterocycles. The topological polar surface area (TPSA) is 34.1 Å². The molecular formula is C20H39N5. The number of rotatable bonds is 5. The zero-order valence-electron chi connectivity index (χ0n) is 16.6. The molecule has 25 heavy (non-hydrogen) atoms. The molecule has 0 atom stereocenters. The zero-order chi connectivity index (χ0) is 17.5. The fourth-order valence-corrected chi connectivity index (χ4v) is 4.88. The molecule has 1 saturated carbocycles. The molecule has 1 N–H and O–H groups in total. The first-order valence-electron chi connectivity index (χ1n) is 10.6. The molecule has 1 aliphatic carbocycles. The molecule has 0 amide bonds. The smallest absolute Gasteiger partial charge is 0.193 e. The van der Waals surface area contributed by atoms with Crippen molar-refractivity contribution in [2.75, 3.05) is 66.0 Å². The molecule has 5 nitrogen and oxygen atoms in total. The monoisotopic (exact) mass is 349 g/mol. The molecule has 1 spiro atoms. The van der Waals surface area contributed by atoms with Gasteiger partial charge in [-0.25, -0.2) is 0 Å². The first-order chi connectivity index (χ1) is 12.2. The van der Waals surface area contributed by atoms with Crippen LogP contribution in [0.3, 0.4) is 0 Å². The molecule has 0 aromatic carbocycles. The van der Waals surface area contributed by atoms with Crippen molar-refractivity contribution >= 4 is 5.96 Å². The second-order valence-corrected chi connectivity index (χ2v) is 8.47. The number of hydrogen-bond donors (Lipinski definition) is 1. The quantitative estimate of drug-likeness (QED) is 0.469. The molecule has 2 aliphatic heterocycles. The standard InChI is InChI=1S/C20H39N5/c1-3-21-19(25-15-10-20(18-25)8-4-5-9-20)22-11-6-13-24-14-7-12-23(2)16-17-24/h3-18H2,1-2H3,(H,21,22). The van der Waals surface area contributed by atoms with Crippen molar-refractivity contribution < 1.29 is 0 Å². The Kier molecular flexibility index (Phi) is 7.00. The Bertz CT molecular complexity index is 430. The molecule has 5 heteroatoms. The number of hydrogen-bond acceptors (Lipinski definition) is 3. The summed E-state index contributed by atoms with van der Waals surface area (Å²) in [5, 5.41) is 3.54. The molecule has 3 fully saturated rings. The Morgan fingerprint density at radius 2 is 1.84 bits per heavy atom. The van der Waals surface area contributed by atoms with E-state index in [-0.39, 0.29) is 0 Å². The van der Waals surface area contributed by atoms with Gasteiger partial charge in [-0.15, -0.1) is 0 Å². The largest absolute Gasteiger partial charge is 0.357 e. The number of likely N-dealkylation sites (N-methyl/N-ethyl adjacent to an activating group) is 1. The molecule has 144 valence electrons. The lowest BCUT2D eigenvalue weighted by Crippen LogP contribution is -2.41. The van der Waals surface area contributed by atoms with E-state index in [9.17, 15) is 0 Å². The van der Waals surface area contributed by atoms with E-state index >= 15 is 0 Å². The highest BCUT2D eigenvalue weighted by Crippen LogP contribution is 2.45. The molecular weight excluding hydrogens is 310 g/mol. The van der Waals surface area contributed by atoms with Crippen molar-refractivity contribution in [1.82, 2.24) is 20.0 Å². The van der Waals surface area contributed by atoms with Crippen LogP contribution in [0.15, 0.2) is 4.99 Å². The van der Waals surface area contributed by atoms with Gasteiger partial charge in [-0.05, 0) is 71.1 Å². The van der Waals surface area contributed by atoms with Crippen LogP contribution in [0, 0.1) is 5.41 Å². The molecule has 3 rings (SSSR count). The molecule has 0 aromatic rings. The normalized spacial score (nSPS) is 25.7. The fourth-order valence-electron chi connectivity index (χ4n) is 4.88. The van der Waals surface area contributed by atoms with Crippen LogP contribution in [0.5, 0.6) is 0 Å². The molecule has 0 aromatic heterocycles. The van der Waals surface area contributed by atoms with Crippen molar-refractivity contribution in [1.29, 1.82) is 0 Å². The van der Waals surface area contributed by atoms with Gasteiger partial charge in [0.15, 0.2) is 5.96 Å². The Morgan fingerprint density at radius 1 is 1.00 bits per heavy atom. The van der Waals surface area contributed by atoms with Crippen molar-refractivity contribution in [3.63, 3.8) is 0 Å². The fraction of sp³-hybridized carbons (Fsp3) is 0.950. The minimum Gasteiger partial charge on any atom is -0.357 e. The summed E-state index contributed by atoms with van der Waals surface area (Å²) < 4.78 is 0. The summed E-state index contributed by atoms with van der Waals surface area (Å²) in [5.41, 5.74) is 0.619. The minimum absolute atomic E-state index is 0.619. The number of nitrogens with zero attached hydrogens (tertiary/aromatic N) is 4. The van der Waals surface area contributed by atoms with Crippen molar-refractivity contribution in [3.05, 3.63) is 0 Å². The Hall–Kier alpha value is -0.810. The molecule has 0 unspecified atom stereocenters. The van der Waals surface area contributed by atoms with Crippen LogP contribution in [0.1, 0.15) is 51.9 Å². The van der Waals surface area contributed by atoms with Crippen LogP contribution in [-0.2, 0) is 0 Å². The van der Waals surface area contributed by atoms with Crippen molar-refractivity contribution in [3.8, 4) is 0 Å². The summed E-state index contributed by atoms with van der Waals surface area (Å²) in [5.74, 6) is 1.17. The van der Waals surface area contributed by atoms with Crippen LogP contribution >= 0.6 is 0 Å². The molecule has 0 radical (unpaired) electrons.